The molecule has 2 aliphatic rings. The minimum Gasteiger partial charge on any atom is -0.394 e. The fraction of sp³-hybridized carbons (Fsp3) is 0.976. The van der Waals surface area contributed by atoms with Gasteiger partial charge in [-0.15, -0.1) is 0 Å². The molecule has 12 atom stereocenters. The maximum Gasteiger partial charge on any atom is 0.220 e. The van der Waals surface area contributed by atoms with Crippen LogP contribution in [0.1, 0.15) is 162 Å². The third-order valence-corrected chi connectivity index (χ3v) is 11.1. The van der Waals surface area contributed by atoms with Crippen LogP contribution < -0.4 is 5.32 Å². The van der Waals surface area contributed by atoms with Crippen LogP contribution in [0, 0.1) is 0 Å². The third kappa shape index (κ3) is 19.1. The molecule has 0 aromatic heterocycles. The number of aliphatic hydroxyl groups excluding tert-OH is 8. The molecular weight excluding hydrogens is 714 g/mol. The van der Waals surface area contributed by atoms with Crippen molar-refractivity contribution < 1.29 is 64.6 Å². The second-order valence-electron chi connectivity index (χ2n) is 15.8. The molecule has 1 amide bonds. The van der Waals surface area contributed by atoms with E-state index >= 15 is 0 Å². The Balaban J connectivity index is 1.90. The Kier molecular flexibility index (Phi) is 27.4. The van der Waals surface area contributed by atoms with Crippen molar-refractivity contribution >= 4 is 5.91 Å². The molecule has 0 bridgehead atoms. The van der Waals surface area contributed by atoms with Crippen molar-refractivity contribution in [3.63, 3.8) is 0 Å². The van der Waals surface area contributed by atoms with E-state index in [4.69, 9.17) is 18.9 Å². The van der Waals surface area contributed by atoms with Crippen LogP contribution in [0.15, 0.2) is 0 Å². The summed E-state index contributed by atoms with van der Waals surface area (Å²) < 4.78 is 22.6. The first-order valence-corrected chi connectivity index (χ1v) is 21.8. The van der Waals surface area contributed by atoms with Crippen molar-refractivity contribution in [3.8, 4) is 0 Å². The average Bonchev–Trinajstić information content (AvgIpc) is 3.18. The van der Waals surface area contributed by atoms with Gasteiger partial charge >= 0.3 is 0 Å². The first kappa shape index (κ1) is 50.1. The summed E-state index contributed by atoms with van der Waals surface area (Å²) in [5, 5.41) is 86.3. The second-order valence-corrected chi connectivity index (χ2v) is 15.8. The number of hydrogen-bond acceptors (Lipinski definition) is 13. The Morgan fingerprint density at radius 3 is 1.55 bits per heavy atom. The number of nitrogens with one attached hydrogen (secondary N) is 1. The van der Waals surface area contributed by atoms with E-state index in [9.17, 15) is 45.6 Å². The predicted molar refractivity (Wildman–Crippen MR) is 208 cm³/mol. The van der Waals surface area contributed by atoms with Gasteiger partial charge in [0.1, 0.15) is 48.8 Å². The number of aliphatic hydroxyl groups is 8. The van der Waals surface area contributed by atoms with Gasteiger partial charge in [-0.3, -0.25) is 4.79 Å². The smallest absolute Gasteiger partial charge is 0.220 e. The molecule has 2 saturated heterocycles. The molecule has 0 saturated carbocycles. The molecule has 0 aliphatic carbocycles. The summed E-state index contributed by atoms with van der Waals surface area (Å²) in [4.78, 5) is 13.0. The monoisotopic (exact) mass is 794 g/mol. The number of hydrogen-bond donors (Lipinski definition) is 9. The van der Waals surface area contributed by atoms with Crippen LogP contribution in [0.3, 0.4) is 0 Å². The van der Waals surface area contributed by atoms with Crippen molar-refractivity contribution in [2.75, 3.05) is 19.8 Å². The van der Waals surface area contributed by atoms with E-state index in [1.807, 2.05) is 0 Å². The lowest BCUT2D eigenvalue weighted by Gasteiger charge is -2.46. The molecule has 14 heteroatoms. The first-order valence-electron chi connectivity index (χ1n) is 21.8. The number of carbonyl (C=O) groups excluding carboxylic acids is 1. The highest BCUT2D eigenvalue weighted by Crippen LogP contribution is 2.30. The van der Waals surface area contributed by atoms with Crippen LogP contribution >= 0.6 is 0 Å². The Morgan fingerprint density at radius 2 is 1.04 bits per heavy atom. The molecule has 2 aliphatic heterocycles. The Bertz CT molecular complexity index is 946. The van der Waals surface area contributed by atoms with E-state index in [-0.39, 0.29) is 12.5 Å². The summed E-state index contributed by atoms with van der Waals surface area (Å²) in [5.41, 5.74) is 0. The lowest BCUT2D eigenvalue weighted by atomic mass is 9.97. The molecule has 0 radical (unpaired) electrons. The molecule has 0 aromatic carbocycles. The van der Waals surface area contributed by atoms with Crippen molar-refractivity contribution in [1.82, 2.24) is 5.32 Å². The maximum atomic E-state index is 13.0. The fourth-order valence-corrected chi connectivity index (χ4v) is 7.41. The molecule has 9 N–H and O–H groups in total. The lowest BCUT2D eigenvalue weighted by molar-refractivity contribution is -0.359. The number of rotatable bonds is 32. The maximum absolute atomic E-state index is 13.0. The van der Waals surface area contributed by atoms with Crippen molar-refractivity contribution in [2.24, 2.45) is 0 Å². The molecule has 2 rings (SSSR count). The topological polar surface area (TPSA) is 228 Å². The van der Waals surface area contributed by atoms with Gasteiger partial charge < -0.3 is 65.1 Å². The highest BCUT2D eigenvalue weighted by molar-refractivity contribution is 5.76. The minimum absolute atomic E-state index is 0.213. The lowest BCUT2D eigenvalue weighted by Crippen LogP contribution is -2.65. The molecule has 14 nitrogen and oxygen atoms in total. The van der Waals surface area contributed by atoms with Crippen LogP contribution in [0.5, 0.6) is 0 Å². The van der Waals surface area contributed by atoms with Gasteiger partial charge in [-0.25, -0.2) is 0 Å². The molecule has 0 spiro atoms. The summed E-state index contributed by atoms with van der Waals surface area (Å²) in [6.07, 6.45) is 8.47. The zero-order chi connectivity index (χ0) is 40.4. The number of carbonyl (C=O) groups is 1. The van der Waals surface area contributed by atoms with Gasteiger partial charge in [0, 0.05) is 6.42 Å². The third-order valence-electron chi connectivity index (χ3n) is 11.1. The fourth-order valence-electron chi connectivity index (χ4n) is 7.41. The van der Waals surface area contributed by atoms with E-state index in [0.29, 0.717) is 12.8 Å². The zero-order valence-corrected chi connectivity index (χ0v) is 33.9. The van der Waals surface area contributed by atoms with Gasteiger partial charge in [0.05, 0.1) is 32.0 Å². The predicted octanol–water partition coefficient (Wildman–Crippen LogP) is 3.48. The number of unbranched alkanes of at least 4 members (excludes halogenated alkanes) is 19. The Hall–Kier alpha value is -1.01. The Labute approximate surface area is 330 Å². The van der Waals surface area contributed by atoms with Crippen molar-refractivity contribution in [2.45, 2.75) is 235 Å². The summed E-state index contributed by atoms with van der Waals surface area (Å²) in [6.45, 7) is 2.78. The van der Waals surface area contributed by atoms with Gasteiger partial charge in [0.2, 0.25) is 5.91 Å². The zero-order valence-electron chi connectivity index (χ0n) is 33.9. The van der Waals surface area contributed by atoms with Crippen molar-refractivity contribution in [3.05, 3.63) is 0 Å². The Morgan fingerprint density at radius 1 is 0.582 bits per heavy atom. The molecule has 0 aromatic rings. The van der Waals surface area contributed by atoms with Gasteiger partial charge in [-0.1, -0.05) is 142 Å². The summed E-state index contributed by atoms with van der Waals surface area (Å²) in [6, 6.07) is -0.817. The van der Waals surface area contributed by atoms with Gasteiger partial charge in [0.25, 0.3) is 0 Å². The molecule has 2 heterocycles. The molecule has 55 heavy (non-hydrogen) atoms. The van der Waals surface area contributed by atoms with Crippen LogP contribution in [-0.2, 0) is 23.7 Å². The summed E-state index contributed by atoms with van der Waals surface area (Å²) in [7, 11) is 0. The van der Waals surface area contributed by atoms with E-state index in [1.165, 1.54) is 83.5 Å². The normalized spacial score (nSPS) is 29.6. The highest BCUT2D eigenvalue weighted by atomic mass is 16.7. The van der Waals surface area contributed by atoms with Crippen LogP contribution in [0.25, 0.3) is 0 Å². The molecule has 326 valence electrons. The molecular formula is C41H79NO13. The largest absolute Gasteiger partial charge is 0.394 e. The minimum atomic E-state index is -1.78. The van der Waals surface area contributed by atoms with Crippen LogP contribution in [-0.4, -0.2) is 140 Å². The summed E-state index contributed by atoms with van der Waals surface area (Å²) in [5.74, 6) is -0.213. The molecule has 12 unspecified atom stereocenters. The number of ether oxygens (including phenoxy) is 4. The van der Waals surface area contributed by atoms with Gasteiger partial charge in [-0.05, 0) is 12.8 Å². The second kappa shape index (κ2) is 30.1. The first-order chi connectivity index (χ1) is 26.6. The van der Waals surface area contributed by atoms with Gasteiger partial charge in [0.15, 0.2) is 12.6 Å². The van der Waals surface area contributed by atoms with E-state index in [1.54, 1.807) is 0 Å². The van der Waals surface area contributed by atoms with Crippen LogP contribution in [0.2, 0.25) is 0 Å². The van der Waals surface area contributed by atoms with E-state index in [2.05, 4.69) is 19.2 Å². The highest BCUT2D eigenvalue weighted by Gasteiger charge is 2.51. The summed E-state index contributed by atoms with van der Waals surface area (Å²) >= 11 is 0. The van der Waals surface area contributed by atoms with Crippen LogP contribution in [0.4, 0.5) is 0 Å². The van der Waals surface area contributed by atoms with Crippen molar-refractivity contribution in [1.29, 1.82) is 0 Å². The standard InChI is InChI=1S/C41H79NO13/c1-3-5-7-9-11-13-14-15-16-17-18-20-22-24-30(45)29(42-33(46)25-23-21-19-12-10-8-6-4-2)28-52-40-38(51)36(49)39(32(27-44)54-40)55-41-37(50)35(48)34(47)31(26-43)53-41/h29-32,34-41,43-45,47-51H,3-28H2,1-2H3,(H,42,46). The quantitative estimate of drug-likeness (QED) is 0.0445. The average molecular weight is 794 g/mol. The SMILES string of the molecule is CCCCCCCCCCCCCCCC(O)C(COC1OC(CO)C(OC2OC(CO)C(O)C(O)C2O)C(O)C1O)NC(=O)CCCCCCCCCC. The molecule has 2 fully saturated rings. The number of amides is 1. The van der Waals surface area contributed by atoms with E-state index < -0.39 is 86.8 Å². The van der Waals surface area contributed by atoms with E-state index in [0.717, 1.165) is 51.4 Å². The van der Waals surface area contributed by atoms with Gasteiger partial charge in [-0.2, -0.15) is 0 Å².